The van der Waals surface area contributed by atoms with Crippen molar-refractivity contribution in [2.75, 3.05) is 33.5 Å². The molecule has 0 spiro atoms. The van der Waals surface area contributed by atoms with Gasteiger partial charge in [-0.1, -0.05) is 6.92 Å². The number of nitrogens with two attached hydrogens (primary N) is 1. The quantitative estimate of drug-likeness (QED) is 0.555. The second-order valence-electron chi connectivity index (χ2n) is 3.90. The largest absolute Gasteiger partial charge is 0.382 e. The van der Waals surface area contributed by atoms with Gasteiger partial charge in [0, 0.05) is 32.2 Å². The summed E-state index contributed by atoms with van der Waals surface area (Å²) in [4.78, 5) is 11.5. The van der Waals surface area contributed by atoms with Gasteiger partial charge in [0.15, 0.2) is 0 Å². The monoisotopic (exact) mass is 232 g/mol. The number of amides is 1. The molecule has 5 heteroatoms. The summed E-state index contributed by atoms with van der Waals surface area (Å²) in [6.07, 6.45) is 0.807. The van der Waals surface area contributed by atoms with Gasteiger partial charge in [-0.2, -0.15) is 0 Å². The van der Waals surface area contributed by atoms with Gasteiger partial charge in [0.2, 0.25) is 5.91 Å². The maximum absolute atomic E-state index is 11.5. The Balaban J connectivity index is 3.34. The van der Waals surface area contributed by atoms with E-state index in [1.165, 1.54) is 0 Å². The van der Waals surface area contributed by atoms with Crippen molar-refractivity contribution in [1.29, 1.82) is 0 Å². The molecule has 0 aromatic heterocycles. The molecule has 96 valence electrons. The van der Waals surface area contributed by atoms with Crippen LogP contribution in [0.5, 0.6) is 0 Å². The van der Waals surface area contributed by atoms with Crippen molar-refractivity contribution in [2.45, 2.75) is 26.3 Å². The first kappa shape index (κ1) is 15.3. The van der Waals surface area contributed by atoms with Crippen LogP contribution in [0.1, 0.15) is 20.3 Å². The Morgan fingerprint density at radius 2 is 2.00 bits per heavy atom. The molecule has 0 aliphatic carbocycles. The van der Waals surface area contributed by atoms with Gasteiger partial charge >= 0.3 is 0 Å². The summed E-state index contributed by atoms with van der Waals surface area (Å²) in [5.74, 6) is -0.138. The molecule has 0 aromatic carbocycles. The summed E-state index contributed by atoms with van der Waals surface area (Å²) in [7, 11) is 1.64. The normalized spacial score (nSPS) is 14.5. The summed E-state index contributed by atoms with van der Waals surface area (Å²) in [5, 5.41) is 2.82. The van der Waals surface area contributed by atoms with Gasteiger partial charge in [0.25, 0.3) is 0 Å². The lowest BCUT2D eigenvalue weighted by Gasteiger charge is -2.15. The number of carbonyl (C=O) groups excluding carboxylic acids is 1. The van der Waals surface area contributed by atoms with Gasteiger partial charge in [-0.25, -0.2) is 0 Å². The lowest BCUT2D eigenvalue weighted by Crippen LogP contribution is -2.39. The Labute approximate surface area is 97.7 Å². The van der Waals surface area contributed by atoms with Crippen molar-refractivity contribution >= 4 is 5.91 Å². The van der Waals surface area contributed by atoms with Gasteiger partial charge in [-0.05, 0) is 13.3 Å². The molecule has 0 radical (unpaired) electrons. The number of nitrogens with one attached hydrogen (secondary N) is 1. The summed E-state index contributed by atoms with van der Waals surface area (Å²) >= 11 is 0. The zero-order chi connectivity index (χ0) is 12.4. The maximum atomic E-state index is 11.5. The van der Waals surface area contributed by atoms with E-state index in [0.29, 0.717) is 26.4 Å². The number of ether oxygens (including phenoxy) is 2. The van der Waals surface area contributed by atoms with E-state index in [2.05, 4.69) is 5.32 Å². The van der Waals surface area contributed by atoms with Crippen LogP contribution >= 0.6 is 0 Å². The minimum atomic E-state index is -0.144. The van der Waals surface area contributed by atoms with Crippen molar-refractivity contribution in [3.05, 3.63) is 0 Å². The number of hydrogen-bond donors (Lipinski definition) is 2. The standard InChI is InChI=1S/C11H24N2O3/c1-9(10(2)12)11(14)13-5-4-6-16-8-7-15-3/h9-10H,4-8,12H2,1-3H3,(H,13,14). The molecular weight excluding hydrogens is 208 g/mol. The van der Waals surface area contributed by atoms with E-state index in [4.69, 9.17) is 15.2 Å². The molecule has 3 N–H and O–H groups in total. The smallest absolute Gasteiger partial charge is 0.224 e. The van der Waals surface area contributed by atoms with E-state index in [0.717, 1.165) is 6.42 Å². The average Bonchev–Trinajstić information content (AvgIpc) is 2.26. The van der Waals surface area contributed by atoms with Crippen molar-refractivity contribution in [3.63, 3.8) is 0 Å². The molecule has 0 fully saturated rings. The number of rotatable bonds is 9. The zero-order valence-corrected chi connectivity index (χ0v) is 10.5. The van der Waals surface area contributed by atoms with Gasteiger partial charge in [0.1, 0.15) is 0 Å². The van der Waals surface area contributed by atoms with Crippen LogP contribution in [0.15, 0.2) is 0 Å². The first-order valence-corrected chi connectivity index (χ1v) is 5.69. The molecule has 0 aromatic rings. The molecule has 2 unspecified atom stereocenters. The van der Waals surface area contributed by atoms with Gasteiger partial charge in [0.05, 0.1) is 13.2 Å². The molecule has 5 nitrogen and oxygen atoms in total. The predicted octanol–water partition coefficient (Wildman–Crippen LogP) is 0.139. The Bertz CT molecular complexity index is 186. The van der Waals surface area contributed by atoms with Gasteiger partial charge in [-0.15, -0.1) is 0 Å². The van der Waals surface area contributed by atoms with Crippen LogP contribution < -0.4 is 11.1 Å². The fourth-order valence-corrected chi connectivity index (χ4v) is 1.03. The van der Waals surface area contributed by atoms with E-state index in [1.807, 2.05) is 13.8 Å². The van der Waals surface area contributed by atoms with E-state index in [-0.39, 0.29) is 17.9 Å². The highest BCUT2D eigenvalue weighted by Gasteiger charge is 2.15. The molecule has 0 aliphatic heterocycles. The van der Waals surface area contributed by atoms with Gasteiger partial charge in [-0.3, -0.25) is 4.79 Å². The molecule has 0 bridgehead atoms. The lowest BCUT2D eigenvalue weighted by molar-refractivity contribution is -0.124. The number of carbonyl (C=O) groups is 1. The van der Waals surface area contributed by atoms with Crippen LogP contribution in [0.4, 0.5) is 0 Å². The molecule has 0 rings (SSSR count). The molecule has 16 heavy (non-hydrogen) atoms. The molecule has 0 saturated carbocycles. The van der Waals surface area contributed by atoms with Crippen LogP contribution in [-0.2, 0) is 14.3 Å². The third kappa shape index (κ3) is 7.62. The Morgan fingerprint density at radius 1 is 1.31 bits per heavy atom. The van der Waals surface area contributed by atoms with Crippen molar-refractivity contribution in [3.8, 4) is 0 Å². The van der Waals surface area contributed by atoms with E-state index < -0.39 is 0 Å². The molecule has 2 atom stereocenters. The van der Waals surface area contributed by atoms with Gasteiger partial charge < -0.3 is 20.5 Å². The third-order valence-corrected chi connectivity index (χ3v) is 2.40. The maximum Gasteiger partial charge on any atom is 0.224 e. The highest BCUT2D eigenvalue weighted by atomic mass is 16.5. The topological polar surface area (TPSA) is 73.6 Å². The summed E-state index contributed by atoms with van der Waals surface area (Å²) in [5.41, 5.74) is 5.62. The molecule has 1 amide bonds. The summed E-state index contributed by atoms with van der Waals surface area (Å²) in [6.45, 7) is 6.13. The Morgan fingerprint density at radius 3 is 2.56 bits per heavy atom. The Hall–Kier alpha value is -0.650. The second-order valence-corrected chi connectivity index (χ2v) is 3.90. The van der Waals surface area contributed by atoms with Crippen LogP contribution in [-0.4, -0.2) is 45.4 Å². The van der Waals surface area contributed by atoms with Crippen LogP contribution in [0.3, 0.4) is 0 Å². The number of methoxy groups -OCH3 is 1. The van der Waals surface area contributed by atoms with Crippen LogP contribution in [0.25, 0.3) is 0 Å². The summed E-state index contributed by atoms with van der Waals surface area (Å²) < 4.78 is 10.1. The first-order chi connectivity index (χ1) is 7.59. The van der Waals surface area contributed by atoms with Crippen molar-refractivity contribution in [1.82, 2.24) is 5.32 Å². The fraction of sp³-hybridized carbons (Fsp3) is 0.909. The predicted molar refractivity (Wildman–Crippen MR) is 63.1 cm³/mol. The highest BCUT2D eigenvalue weighted by molar-refractivity contribution is 5.78. The molecule has 0 aliphatic rings. The first-order valence-electron chi connectivity index (χ1n) is 5.69. The van der Waals surface area contributed by atoms with E-state index in [9.17, 15) is 4.79 Å². The number of hydrogen-bond acceptors (Lipinski definition) is 4. The second kappa shape index (κ2) is 9.57. The fourth-order valence-electron chi connectivity index (χ4n) is 1.03. The van der Waals surface area contributed by atoms with Crippen molar-refractivity contribution < 1.29 is 14.3 Å². The minimum Gasteiger partial charge on any atom is -0.382 e. The van der Waals surface area contributed by atoms with Crippen LogP contribution in [0.2, 0.25) is 0 Å². The molecule has 0 heterocycles. The molecular formula is C11H24N2O3. The molecule has 0 saturated heterocycles. The van der Waals surface area contributed by atoms with Crippen molar-refractivity contribution in [2.24, 2.45) is 11.7 Å². The van der Waals surface area contributed by atoms with E-state index in [1.54, 1.807) is 7.11 Å². The zero-order valence-electron chi connectivity index (χ0n) is 10.5. The minimum absolute atomic E-state index is 0.00638. The Kier molecular flexibility index (Phi) is 9.18. The highest BCUT2D eigenvalue weighted by Crippen LogP contribution is 1.98. The van der Waals surface area contributed by atoms with E-state index >= 15 is 0 Å². The third-order valence-electron chi connectivity index (χ3n) is 2.40. The SMILES string of the molecule is COCCOCCCNC(=O)C(C)C(C)N. The lowest BCUT2D eigenvalue weighted by atomic mass is 10.0. The van der Waals surface area contributed by atoms with Crippen LogP contribution in [0, 0.1) is 5.92 Å². The average molecular weight is 232 g/mol. The summed E-state index contributed by atoms with van der Waals surface area (Å²) in [6, 6.07) is -0.113.